The maximum absolute atomic E-state index is 12.9. The van der Waals surface area contributed by atoms with Crippen LogP contribution in [-0.4, -0.2) is 26.6 Å². The van der Waals surface area contributed by atoms with Crippen molar-refractivity contribution in [3.63, 3.8) is 0 Å². The van der Waals surface area contributed by atoms with E-state index < -0.39 is 10.0 Å². The van der Waals surface area contributed by atoms with Gasteiger partial charge < -0.3 is 5.32 Å². The summed E-state index contributed by atoms with van der Waals surface area (Å²) >= 11 is 0. The Morgan fingerprint density at radius 1 is 1.12 bits per heavy atom. The molecule has 1 N–H and O–H groups in total. The fourth-order valence-corrected chi connectivity index (χ4v) is 4.56. The molecule has 0 saturated heterocycles. The number of fused-ring (bicyclic) bond motifs is 1. The highest BCUT2D eigenvalue weighted by atomic mass is 32.2. The highest BCUT2D eigenvalue weighted by molar-refractivity contribution is 7.92. The van der Waals surface area contributed by atoms with E-state index in [-0.39, 0.29) is 30.4 Å². The number of hydrogen-bond donors (Lipinski definition) is 1. The van der Waals surface area contributed by atoms with E-state index in [1.54, 1.807) is 18.2 Å². The van der Waals surface area contributed by atoms with Crippen molar-refractivity contribution >= 4 is 21.6 Å². The van der Waals surface area contributed by atoms with E-state index in [4.69, 9.17) is 0 Å². The van der Waals surface area contributed by atoms with Gasteiger partial charge in [-0.1, -0.05) is 30.3 Å². The number of carbonyl (C=O) groups excluding carboxylic acids is 1. The summed E-state index contributed by atoms with van der Waals surface area (Å²) in [5, 5.41) is 2.67. The minimum absolute atomic E-state index is 0.109. The molecule has 1 aliphatic heterocycles. The van der Waals surface area contributed by atoms with Gasteiger partial charge in [-0.05, 0) is 42.2 Å². The molecule has 2 aromatic rings. The van der Waals surface area contributed by atoms with Crippen LogP contribution in [0, 0.1) is 5.82 Å². The lowest BCUT2D eigenvalue weighted by Crippen LogP contribution is -2.38. The first-order valence-corrected chi connectivity index (χ1v) is 10.2. The van der Waals surface area contributed by atoms with Gasteiger partial charge in [-0.2, -0.15) is 0 Å². The molecule has 0 bridgehead atoms. The lowest BCUT2D eigenvalue weighted by atomic mass is 10.0. The van der Waals surface area contributed by atoms with E-state index in [0.717, 1.165) is 24.0 Å². The third kappa shape index (κ3) is 4.40. The third-order valence-corrected chi connectivity index (χ3v) is 6.16. The zero-order valence-corrected chi connectivity index (χ0v) is 15.1. The van der Waals surface area contributed by atoms with Crippen molar-refractivity contribution in [3.05, 3.63) is 65.5 Å². The Morgan fingerprint density at radius 3 is 2.62 bits per heavy atom. The van der Waals surface area contributed by atoms with Crippen LogP contribution in [0.25, 0.3) is 0 Å². The summed E-state index contributed by atoms with van der Waals surface area (Å²) in [5.41, 5.74) is 2.49. The van der Waals surface area contributed by atoms with E-state index in [0.29, 0.717) is 12.2 Å². The zero-order chi connectivity index (χ0) is 18.6. The second-order valence-electron chi connectivity index (χ2n) is 6.27. The van der Waals surface area contributed by atoms with Crippen molar-refractivity contribution < 1.29 is 17.6 Å². The minimum atomic E-state index is -3.56. The number of rotatable bonds is 6. The van der Waals surface area contributed by atoms with Crippen molar-refractivity contribution in [2.45, 2.75) is 25.8 Å². The van der Waals surface area contributed by atoms with E-state index >= 15 is 0 Å². The Bertz CT molecular complexity index is 882. The van der Waals surface area contributed by atoms with Gasteiger partial charge in [0.1, 0.15) is 5.82 Å². The van der Waals surface area contributed by atoms with Gasteiger partial charge in [0, 0.05) is 19.5 Å². The average molecular weight is 376 g/mol. The number of carbonyl (C=O) groups is 1. The van der Waals surface area contributed by atoms with E-state index in [2.05, 4.69) is 5.32 Å². The monoisotopic (exact) mass is 376 g/mol. The molecule has 0 fully saturated rings. The van der Waals surface area contributed by atoms with Crippen LogP contribution < -0.4 is 9.62 Å². The molecule has 0 aromatic heterocycles. The molecule has 0 radical (unpaired) electrons. The van der Waals surface area contributed by atoms with Crippen molar-refractivity contribution in [1.29, 1.82) is 0 Å². The van der Waals surface area contributed by atoms with Crippen molar-refractivity contribution in [1.82, 2.24) is 5.32 Å². The number of amides is 1. The van der Waals surface area contributed by atoms with E-state index in [1.807, 2.05) is 18.2 Å². The van der Waals surface area contributed by atoms with Crippen molar-refractivity contribution in [2.75, 3.05) is 16.6 Å². The molecule has 0 saturated carbocycles. The molecule has 0 spiro atoms. The fraction of sp³-hybridized carbons (Fsp3) is 0.316. The molecule has 0 aliphatic carbocycles. The second-order valence-corrected chi connectivity index (χ2v) is 8.29. The minimum Gasteiger partial charge on any atom is -0.352 e. The maximum Gasteiger partial charge on any atom is 0.235 e. The van der Waals surface area contributed by atoms with Crippen LogP contribution in [0.5, 0.6) is 0 Å². The van der Waals surface area contributed by atoms with Crippen molar-refractivity contribution in [3.8, 4) is 0 Å². The van der Waals surface area contributed by atoms with Gasteiger partial charge in [0.15, 0.2) is 0 Å². The van der Waals surface area contributed by atoms with Gasteiger partial charge in [-0.25, -0.2) is 12.8 Å². The van der Waals surface area contributed by atoms with Gasteiger partial charge in [-0.15, -0.1) is 0 Å². The summed E-state index contributed by atoms with van der Waals surface area (Å²) in [7, 11) is -3.56. The number of nitrogens with one attached hydrogen (secondary N) is 1. The fourth-order valence-electron chi connectivity index (χ4n) is 3.01. The Morgan fingerprint density at radius 2 is 1.85 bits per heavy atom. The molecule has 1 amide bonds. The molecule has 138 valence electrons. The lowest BCUT2D eigenvalue weighted by Gasteiger charge is -2.30. The third-order valence-electron chi connectivity index (χ3n) is 4.39. The molecule has 26 heavy (non-hydrogen) atoms. The Balaban J connectivity index is 1.57. The predicted molar refractivity (Wildman–Crippen MR) is 98.8 cm³/mol. The topological polar surface area (TPSA) is 66.5 Å². The first kappa shape index (κ1) is 18.4. The van der Waals surface area contributed by atoms with Crippen LogP contribution >= 0.6 is 0 Å². The summed E-state index contributed by atoms with van der Waals surface area (Å²) in [6.45, 7) is 0.683. The van der Waals surface area contributed by atoms with Crippen molar-refractivity contribution in [2.24, 2.45) is 0 Å². The molecule has 0 atom stereocenters. The summed E-state index contributed by atoms with van der Waals surface area (Å²) in [5.74, 6) is -0.924. The second kappa shape index (κ2) is 7.86. The standard InChI is InChI=1S/C19H21FN2O3S/c20-17-9-7-15(8-10-17)14-21-19(23)11-13-26(24,25)22-12-3-5-16-4-1-2-6-18(16)22/h1-2,4,6-10H,3,5,11-14H2,(H,21,23). The quantitative estimate of drug-likeness (QED) is 0.843. The summed E-state index contributed by atoms with van der Waals surface area (Å²) in [4.78, 5) is 12.0. The number of para-hydroxylation sites is 1. The number of aryl methyl sites for hydroxylation is 1. The molecule has 0 unspecified atom stereocenters. The molecular weight excluding hydrogens is 355 g/mol. The maximum atomic E-state index is 12.9. The Kier molecular flexibility index (Phi) is 5.56. The number of sulfonamides is 1. The largest absolute Gasteiger partial charge is 0.352 e. The van der Waals surface area contributed by atoms with Crippen LogP contribution in [-0.2, 0) is 27.8 Å². The van der Waals surface area contributed by atoms with E-state index in [9.17, 15) is 17.6 Å². The first-order chi connectivity index (χ1) is 12.5. The van der Waals surface area contributed by atoms with Crippen LogP contribution in [0.1, 0.15) is 24.0 Å². The molecule has 7 heteroatoms. The molecular formula is C19H21FN2O3S. The number of hydrogen-bond acceptors (Lipinski definition) is 3. The highest BCUT2D eigenvalue weighted by Gasteiger charge is 2.27. The van der Waals surface area contributed by atoms with Gasteiger partial charge in [-0.3, -0.25) is 9.10 Å². The molecule has 1 aliphatic rings. The smallest absolute Gasteiger partial charge is 0.235 e. The Hall–Kier alpha value is -2.41. The summed E-state index contributed by atoms with van der Waals surface area (Å²) in [6.07, 6.45) is 1.52. The first-order valence-electron chi connectivity index (χ1n) is 8.55. The van der Waals surface area contributed by atoms with Gasteiger partial charge in [0.05, 0.1) is 11.4 Å². The van der Waals surface area contributed by atoms with Crippen LogP contribution in [0.15, 0.2) is 48.5 Å². The van der Waals surface area contributed by atoms with Gasteiger partial charge in [0.2, 0.25) is 15.9 Å². The zero-order valence-electron chi connectivity index (χ0n) is 14.3. The molecule has 2 aromatic carbocycles. The number of benzene rings is 2. The van der Waals surface area contributed by atoms with Gasteiger partial charge in [0.25, 0.3) is 0 Å². The Labute approximate surface area is 152 Å². The molecule has 1 heterocycles. The summed E-state index contributed by atoms with van der Waals surface area (Å²) < 4.78 is 39.6. The normalized spacial score (nSPS) is 14.0. The van der Waals surface area contributed by atoms with Crippen LogP contribution in [0.4, 0.5) is 10.1 Å². The number of anilines is 1. The number of halogens is 1. The van der Waals surface area contributed by atoms with Crippen LogP contribution in [0.2, 0.25) is 0 Å². The molecule has 3 rings (SSSR count). The highest BCUT2D eigenvalue weighted by Crippen LogP contribution is 2.29. The SMILES string of the molecule is O=C(CCS(=O)(=O)N1CCCc2ccccc21)NCc1ccc(F)cc1. The van der Waals surface area contributed by atoms with Gasteiger partial charge >= 0.3 is 0 Å². The van der Waals surface area contributed by atoms with Crippen LogP contribution in [0.3, 0.4) is 0 Å². The average Bonchev–Trinajstić information content (AvgIpc) is 2.65. The predicted octanol–water partition coefficient (Wildman–Crippen LogP) is 2.61. The molecule has 5 nitrogen and oxygen atoms in total. The summed E-state index contributed by atoms with van der Waals surface area (Å²) in [6, 6.07) is 13.3. The lowest BCUT2D eigenvalue weighted by molar-refractivity contribution is -0.120. The van der Waals surface area contributed by atoms with E-state index in [1.165, 1.54) is 16.4 Å². The number of nitrogens with zero attached hydrogens (tertiary/aromatic N) is 1.